The summed E-state index contributed by atoms with van der Waals surface area (Å²) in [6.07, 6.45) is 1.63. The van der Waals surface area contributed by atoms with Crippen LogP contribution in [0.5, 0.6) is 17.2 Å². The third-order valence-electron chi connectivity index (χ3n) is 5.64. The molecule has 1 unspecified atom stereocenters. The molecule has 1 atom stereocenters. The molecule has 0 spiro atoms. The Labute approximate surface area is 199 Å². The van der Waals surface area contributed by atoms with Gasteiger partial charge < -0.3 is 29.7 Å². The van der Waals surface area contributed by atoms with Gasteiger partial charge in [-0.25, -0.2) is 4.79 Å². The van der Waals surface area contributed by atoms with Gasteiger partial charge in [0, 0.05) is 24.8 Å². The molecule has 3 aromatic rings. The fourth-order valence-electron chi connectivity index (χ4n) is 3.95. The monoisotopic (exact) mass is 481 g/mol. The van der Waals surface area contributed by atoms with Gasteiger partial charge in [0.05, 0.1) is 13.2 Å². The second-order valence-electron chi connectivity index (χ2n) is 7.83. The Morgan fingerprint density at radius 3 is 2.94 bits per heavy atom. The molecular formula is C23H23N5O5S. The standard InChI is InChI=1S/C23H23N5O5S/c1-31-16-5-2-4-14(10-16)12-24-23(30)28-9-3-6-17(28)21-26-27-22(34-21)20(29)25-15-7-8-18-19(11-15)33-13-32-18/h2,4-5,7-8,10-11,17H,3,6,9,12-13H2,1H3,(H,24,30)(H,25,29). The molecule has 0 bridgehead atoms. The first-order valence-electron chi connectivity index (χ1n) is 10.8. The minimum absolute atomic E-state index is 0.164. The maximum Gasteiger partial charge on any atom is 0.318 e. The van der Waals surface area contributed by atoms with E-state index in [1.807, 2.05) is 24.3 Å². The molecule has 1 saturated heterocycles. The summed E-state index contributed by atoms with van der Waals surface area (Å²) in [4.78, 5) is 27.3. The van der Waals surface area contributed by atoms with Crippen LogP contribution in [-0.2, 0) is 6.54 Å². The summed E-state index contributed by atoms with van der Waals surface area (Å²) in [7, 11) is 1.61. The van der Waals surface area contributed by atoms with Crippen molar-refractivity contribution < 1.29 is 23.8 Å². The highest BCUT2D eigenvalue weighted by Crippen LogP contribution is 2.35. The Bertz CT molecular complexity index is 1220. The Hall–Kier alpha value is -3.86. The number of fused-ring (bicyclic) bond motifs is 1. The number of rotatable bonds is 6. The first-order chi connectivity index (χ1) is 16.6. The zero-order chi connectivity index (χ0) is 23.5. The van der Waals surface area contributed by atoms with Crippen molar-refractivity contribution in [1.29, 1.82) is 0 Å². The molecule has 2 aliphatic rings. The van der Waals surface area contributed by atoms with Crippen LogP contribution in [0.25, 0.3) is 0 Å². The van der Waals surface area contributed by atoms with Crippen LogP contribution >= 0.6 is 11.3 Å². The number of carbonyl (C=O) groups is 2. The van der Waals surface area contributed by atoms with E-state index in [0.717, 1.165) is 24.2 Å². The highest BCUT2D eigenvalue weighted by Gasteiger charge is 2.33. The second-order valence-corrected chi connectivity index (χ2v) is 8.84. The summed E-state index contributed by atoms with van der Waals surface area (Å²) in [5, 5.41) is 14.9. The lowest BCUT2D eigenvalue weighted by Crippen LogP contribution is -2.39. The quantitative estimate of drug-likeness (QED) is 0.553. The SMILES string of the molecule is COc1cccc(CNC(=O)N2CCCC2c2nnc(C(=O)Nc3ccc4c(c3)OCO4)s2)c1. The maximum absolute atomic E-state index is 12.9. The van der Waals surface area contributed by atoms with Crippen molar-refractivity contribution in [2.75, 3.05) is 25.8 Å². The van der Waals surface area contributed by atoms with Gasteiger partial charge in [-0.3, -0.25) is 4.79 Å². The molecule has 0 aliphatic carbocycles. The molecule has 176 valence electrons. The lowest BCUT2D eigenvalue weighted by atomic mass is 10.2. The number of hydrogen-bond acceptors (Lipinski definition) is 8. The van der Waals surface area contributed by atoms with Crippen LogP contribution in [0.4, 0.5) is 10.5 Å². The fourth-order valence-corrected chi connectivity index (χ4v) is 4.83. The van der Waals surface area contributed by atoms with Gasteiger partial charge in [-0.1, -0.05) is 23.5 Å². The minimum atomic E-state index is -0.366. The molecule has 2 aliphatic heterocycles. The molecule has 1 aromatic heterocycles. The van der Waals surface area contributed by atoms with Gasteiger partial charge >= 0.3 is 6.03 Å². The molecule has 2 aromatic carbocycles. The zero-order valence-electron chi connectivity index (χ0n) is 18.4. The van der Waals surface area contributed by atoms with Crippen LogP contribution < -0.4 is 24.8 Å². The summed E-state index contributed by atoms with van der Waals surface area (Å²) >= 11 is 1.20. The van der Waals surface area contributed by atoms with Crippen molar-refractivity contribution >= 4 is 29.0 Å². The predicted octanol–water partition coefficient (Wildman–Crippen LogP) is 3.57. The largest absolute Gasteiger partial charge is 0.497 e. The van der Waals surface area contributed by atoms with E-state index in [1.165, 1.54) is 11.3 Å². The Kier molecular flexibility index (Phi) is 6.17. The van der Waals surface area contributed by atoms with E-state index < -0.39 is 0 Å². The molecule has 5 rings (SSSR count). The van der Waals surface area contributed by atoms with Crippen LogP contribution in [0.3, 0.4) is 0 Å². The summed E-state index contributed by atoms with van der Waals surface area (Å²) in [6.45, 7) is 1.17. The number of hydrogen-bond donors (Lipinski definition) is 2. The van der Waals surface area contributed by atoms with Crippen LogP contribution in [-0.4, -0.2) is 47.5 Å². The number of aromatic nitrogens is 2. The van der Waals surface area contributed by atoms with E-state index in [-0.39, 0.29) is 29.8 Å². The topological polar surface area (TPSA) is 115 Å². The summed E-state index contributed by atoms with van der Waals surface area (Å²) < 4.78 is 15.9. The van der Waals surface area contributed by atoms with Crippen molar-refractivity contribution in [2.24, 2.45) is 0 Å². The Morgan fingerprint density at radius 2 is 2.06 bits per heavy atom. The summed E-state index contributed by atoms with van der Waals surface area (Å²) in [6, 6.07) is 12.4. The third kappa shape index (κ3) is 4.60. The smallest absolute Gasteiger partial charge is 0.318 e. The average Bonchev–Trinajstić information content (AvgIpc) is 3.62. The molecule has 1 fully saturated rings. The van der Waals surface area contributed by atoms with Crippen LogP contribution in [0.15, 0.2) is 42.5 Å². The minimum Gasteiger partial charge on any atom is -0.497 e. The summed E-state index contributed by atoms with van der Waals surface area (Å²) in [5.74, 6) is 1.60. The molecule has 2 N–H and O–H groups in total. The first-order valence-corrected chi connectivity index (χ1v) is 11.6. The van der Waals surface area contributed by atoms with E-state index in [0.29, 0.717) is 35.3 Å². The fraction of sp³-hybridized carbons (Fsp3) is 0.304. The molecule has 10 nitrogen and oxygen atoms in total. The maximum atomic E-state index is 12.9. The Balaban J connectivity index is 1.21. The molecule has 11 heteroatoms. The van der Waals surface area contributed by atoms with Crippen molar-refractivity contribution in [2.45, 2.75) is 25.4 Å². The number of urea groups is 1. The normalized spacial score (nSPS) is 16.4. The van der Waals surface area contributed by atoms with E-state index in [2.05, 4.69) is 20.8 Å². The zero-order valence-corrected chi connectivity index (χ0v) is 19.3. The third-order valence-corrected chi connectivity index (χ3v) is 6.67. The lowest BCUT2D eigenvalue weighted by molar-refractivity contribution is 0.102. The van der Waals surface area contributed by atoms with Crippen molar-refractivity contribution in [1.82, 2.24) is 20.4 Å². The number of amides is 3. The Morgan fingerprint density at radius 1 is 1.18 bits per heavy atom. The molecule has 3 heterocycles. The number of nitrogens with zero attached hydrogens (tertiary/aromatic N) is 3. The number of benzene rings is 2. The van der Waals surface area contributed by atoms with Crippen LogP contribution in [0.1, 0.15) is 39.3 Å². The van der Waals surface area contributed by atoms with Crippen molar-refractivity contribution in [3.05, 3.63) is 58.0 Å². The van der Waals surface area contributed by atoms with Gasteiger partial charge in [-0.2, -0.15) is 0 Å². The van der Waals surface area contributed by atoms with Crippen molar-refractivity contribution in [3.63, 3.8) is 0 Å². The van der Waals surface area contributed by atoms with Crippen LogP contribution in [0.2, 0.25) is 0 Å². The second kappa shape index (κ2) is 9.56. The van der Waals surface area contributed by atoms with Crippen molar-refractivity contribution in [3.8, 4) is 17.2 Å². The number of ether oxygens (including phenoxy) is 3. The van der Waals surface area contributed by atoms with Gasteiger partial charge in [-0.15, -0.1) is 10.2 Å². The number of likely N-dealkylation sites (tertiary alicyclic amines) is 1. The molecule has 34 heavy (non-hydrogen) atoms. The molecule has 0 radical (unpaired) electrons. The van der Waals surface area contributed by atoms with E-state index in [9.17, 15) is 9.59 Å². The molecule has 3 amide bonds. The number of methoxy groups -OCH3 is 1. The first kappa shape index (κ1) is 22.0. The molecule has 0 saturated carbocycles. The van der Waals surface area contributed by atoms with Gasteiger partial charge in [-0.05, 0) is 42.7 Å². The lowest BCUT2D eigenvalue weighted by Gasteiger charge is -2.23. The number of nitrogens with one attached hydrogen (secondary N) is 2. The van der Waals surface area contributed by atoms with E-state index in [1.54, 1.807) is 30.2 Å². The highest BCUT2D eigenvalue weighted by atomic mass is 32.1. The predicted molar refractivity (Wildman–Crippen MR) is 124 cm³/mol. The van der Waals surface area contributed by atoms with E-state index in [4.69, 9.17) is 14.2 Å². The van der Waals surface area contributed by atoms with Gasteiger partial charge in [0.25, 0.3) is 5.91 Å². The van der Waals surface area contributed by atoms with Crippen LogP contribution in [0, 0.1) is 0 Å². The van der Waals surface area contributed by atoms with Gasteiger partial charge in [0.2, 0.25) is 11.8 Å². The highest BCUT2D eigenvalue weighted by molar-refractivity contribution is 7.13. The number of carbonyl (C=O) groups excluding carboxylic acids is 2. The number of anilines is 1. The van der Waals surface area contributed by atoms with Gasteiger partial charge in [0.1, 0.15) is 10.8 Å². The molecular weight excluding hydrogens is 458 g/mol. The summed E-state index contributed by atoms with van der Waals surface area (Å²) in [5.41, 5.74) is 1.52. The van der Waals surface area contributed by atoms with Gasteiger partial charge in [0.15, 0.2) is 11.5 Å². The average molecular weight is 482 g/mol. The van der Waals surface area contributed by atoms with E-state index >= 15 is 0 Å².